The Morgan fingerprint density at radius 3 is 2.44 bits per heavy atom. The Hall–Kier alpha value is -2.14. The van der Waals surface area contributed by atoms with E-state index in [1.807, 2.05) is 30.3 Å². The van der Waals surface area contributed by atoms with Gasteiger partial charge in [-0.05, 0) is 17.7 Å². The van der Waals surface area contributed by atoms with Gasteiger partial charge in [-0.15, -0.1) is 11.3 Å². The minimum atomic E-state index is 0.756. The molecule has 0 unspecified atom stereocenters. The molecule has 3 nitrogen and oxygen atoms in total. The van der Waals surface area contributed by atoms with Crippen LogP contribution in [-0.4, -0.2) is 42.6 Å². The summed E-state index contributed by atoms with van der Waals surface area (Å²) in [5, 5.41) is 4.00. The normalized spacial score (nSPS) is 15.5. The van der Waals surface area contributed by atoms with Gasteiger partial charge in [-0.1, -0.05) is 66.2 Å². The Bertz CT molecular complexity index is 881. The lowest BCUT2D eigenvalue weighted by Crippen LogP contribution is -2.46. The average molecular weight is 396 g/mol. The molecule has 2 heterocycles. The second-order valence-corrected chi connectivity index (χ2v) is 7.90. The minimum absolute atomic E-state index is 0.756. The third kappa shape index (κ3) is 4.78. The summed E-state index contributed by atoms with van der Waals surface area (Å²) >= 11 is 7.70. The molecule has 0 bridgehead atoms. The van der Waals surface area contributed by atoms with Crippen molar-refractivity contribution in [3.05, 3.63) is 76.6 Å². The fourth-order valence-electron chi connectivity index (χ4n) is 3.19. The van der Waals surface area contributed by atoms with Gasteiger partial charge >= 0.3 is 0 Å². The maximum Gasteiger partial charge on any atom is 0.185 e. The van der Waals surface area contributed by atoms with Crippen molar-refractivity contribution in [3.63, 3.8) is 0 Å². The van der Waals surface area contributed by atoms with Crippen molar-refractivity contribution < 1.29 is 0 Å². The first-order chi connectivity index (χ1) is 13.3. The maximum atomic E-state index is 5.98. The van der Waals surface area contributed by atoms with Gasteiger partial charge < -0.3 is 4.90 Å². The molecule has 5 heteroatoms. The second-order valence-electron chi connectivity index (χ2n) is 6.62. The van der Waals surface area contributed by atoms with Crippen LogP contribution in [0.15, 0.2) is 66.1 Å². The molecule has 1 fully saturated rings. The Morgan fingerprint density at radius 2 is 1.70 bits per heavy atom. The van der Waals surface area contributed by atoms with Gasteiger partial charge in [-0.2, -0.15) is 0 Å². The van der Waals surface area contributed by atoms with Crippen LogP contribution < -0.4 is 4.90 Å². The number of thiazole rings is 1. The van der Waals surface area contributed by atoms with Crippen LogP contribution in [0.1, 0.15) is 5.56 Å². The van der Waals surface area contributed by atoms with Crippen molar-refractivity contribution in [1.29, 1.82) is 0 Å². The summed E-state index contributed by atoms with van der Waals surface area (Å²) in [6.07, 6.45) is 4.46. The predicted octanol–water partition coefficient (Wildman–Crippen LogP) is 5.30. The van der Waals surface area contributed by atoms with Crippen LogP contribution >= 0.6 is 22.9 Å². The predicted molar refractivity (Wildman–Crippen MR) is 117 cm³/mol. The maximum absolute atomic E-state index is 5.98. The quantitative estimate of drug-likeness (QED) is 0.584. The number of halogens is 1. The number of hydrogen-bond acceptors (Lipinski definition) is 4. The first-order valence-corrected chi connectivity index (χ1v) is 10.4. The zero-order valence-corrected chi connectivity index (χ0v) is 16.7. The highest BCUT2D eigenvalue weighted by molar-refractivity contribution is 7.14. The Balaban J connectivity index is 1.30. The molecule has 2 aromatic carbocycles. The summed E-state index contributed by atoms with van der Waals surface area (Å²) in [6, 6.07) is 18.3. The molecule has 0 spiro atoms. The standard InChI is InChI=1S/C22H22ClN3S/c23-20-10-8-19(9-11-20)21-17-27-22(24-21)26-15-13-25(14-16-26)12-4-7-18-5-2-1-3-6-18/h1-11,17H,12-16H2. The van der Waals surface area contributed by atoms with Gasteiger partial charge in [0.2, 0.25) is 0 Å². The van der Waals surface area contributed by atoms with Crippen LogP contribution in [0.25, 0.3) is 17.3 Å². The lowest BCUT2D eigenvalue weighted by molar-refractivity contribution is 0.284. The van der Waals surface area contributed by atoms with Crippen molar-refractivity contribution in [2.75, 3.05) is 37.6 Å². The highest BCUT2D eigenvalue weighted by Gasteiger charge is 2.18. The molecule has 0 amide bonds. The zero-order chi connectivity index (χ0) is 18.5. The molecule has 0 atom stereocenters. The topological polar surface area (TPSA) is 19.4 Å². The van der Waals surface area contributed by atoms with Crippen LogP contribution in [0, 0.1) is 0 Å². The van der Waals surface area contributed by atoms with Crippen molar-refractivity contribution in [1.82, 2.24) is 9.88 Å². The van der Waals surface area contributed by atoms with E-state index in [0.29, 0.717) is 0 Å². The van der Waals surface area contributed by atoms with Gasteiger partial charge in [0.05, 0.1) is 5.69 Å². The number of nitrogens with zero attached hydrogens (tertiary/aromatic N) is 3. The Morgan fingerprint density at radius 1 is 0.963 bits per heavy atom. The van der Waals surface area contributed by atoms with E-state index < -0.39 is 0 Å². The molecule has 0 aliphatic carbocycles. The van der Waals surface area contributed by atoms with Crippen molar-refractivity contribution in [2.45, 2.75) is 0 Å². The molecule has 1 saturated heterocycles. The zero-order valence-electron chi connectivity index (χ0n) is 15.1. The molecule has 138 valence electrons. The fourth-order valence-corrected chi connectivity index (χ4v) is 4.20. The van der Waals surface area contributed by atoms with Crippen LogP contribution in [0.5, 0.6) is 0 Å². The number of benzene rings is 2. The van der Waals surface area contributed by atoms with E-state index in [1.165, 1.54) is 5.56 Å². The first kappa shape index (κ1) is 18.2. The third-order valence-electron chi connectivity index (χ3n) is 4.75. The van der Waals surface area contributed by atoms with E-state index >= 15 is 0 Å². The van der Waals surface area contributed by atoms with Crippen molar-refractivity contribution >= 4 is 34.1 Å². The molecule has 1 aliphatic rings. The number of piperazine rings is 1. The van der Waals surface area contributed by atoms with Crippen LogP contribution in [0.2, 0.25) is 5.02 Å². The number of anilines is 1. The van der Waals surface area contributed by atoms with Crippen LogP contribution in [0.3, 0.4) is 0 Å². The average Bonchev–Trinajstić information content (AvgIpc) is 3.20. The molecule has 1 aliphatic heterocycles. The summed E-state index contributed by atoms with van der Waals surface area (Å²) < 4.78 is 0. The SMILES string of the molecule is Clc1ccc(-c2csc(N3CCN(CC=Cc4ccccc4)CC3)n2)cc1. The summed E-state index contributed by atoms with van der Waals surface area (Å²) in [5.74, 6) is 0. The summed E-state index contributed by atoms with van der Waals surface area (Å²) in [6.45, 7) is 5.17. The fraction of sp³-hybridized carbons (Fsp3) is 0.227. The molecule has 0 radical (unpaired) electrons. The molecule has 0 saturated carbocycles. The summed E-state index contributed by atoms with van der Waals surface area (Å²) in [4.78, 5) is 9.71. The molecule has 4 rings (SSSR count). The smallest absolute Gasteiger partial charge is 0.185 e. The Kier molecular flexibility index (Phi) is 5.87. The largest absolute Gasteiger partial charge is 0.346 e. The summed E-state index contributed by atoms with van der Waals surface area (Å²) in [5.41, 5.74) is 3.40. The number of hydrogen-bond donors (Lipinski definition) is 0. The van der Waals surface area contributed by atoms with E-state index in [2.05, 4.69) is 51.6 Å². The molecule has 3 aromatic rings. The van der Waals surface area contributed by atoms with E-state index in [-0.39, 0.29) is 0 Å². The van der Waals surface area contributed by atoms with E-state index in [9.17, 15) is 0 Å². The third-order valence-corrected chi connectivity index (χ3v) is 5.90. The minimum Gasteiger partial charge on any atom is -0.346 e. The van der Waals surface area contributed by atoms with Gasteiger partial charge in [0.15, 0.2) is 5.13 Å². The first-order valence-electron chi connectivity index (χ1n) is 9.18. The summed E-state index contributed by atoms with van der Waals surface area (Å²) in [7, 11) is 0. The molecular formula is C22H22ClN3S. The molecule has 0 N–H and O–H groups in total. The van der Waals surface area contributed by atoms with Crippen LogP contribution in [-0.2, 0) is 0 Å². The van der Waals surface area contributed by atoms with Crippen molar-refractivity contribution in [3.8, 4) is 11.3 Å². The van der Waals surface area contributed by atoms with Gasteiger partial charge in [-0.3, -0.25) is 4.90 Å². The van der Waals surface area contributed by atoms with Gasteiger partial charge in [0, 0.05) is 48.7 Å². The van der Waals surface area contributed by atoms with Gasteiger partial charge in [-0.25, -0.2) is 4.98 Å². The molecular weight excluding hydrogens is 374 g/mol. The number of aromatic nitrogens is 1. The molecule has 27 heavy (non-hydrogen) atoms. The van der Waals surface area contributed by atoms with Crippen LogP contribution in [0.4, 0.5) is 5.13 Å². The number of rotatable bonds is 5. The highest BCUT2D eigenvalue weighted by Crippen LogP contribution is 2.28. The van der Waals surface area contributed by atoms with E-state index in [0.717, 1.165) is 54.1 Å². The molecule has 1 aromatic heterocycles. The van der Waals surface area contributed by atoms with E-state index in [1.54, 1.807) is 11.3 Å². The van der Waals surface area contributed by atoms with E-state index in [4.69, 9.17) is 16.6 Å². The van der Waals surface area contributed by atoms with Gasteiger partial charge in [0.25, 0.3) is 0 Å². The van der Waals surface area contributed by atoms with Crippen molar-refractivity contribution in [2.24, 2.45) is 0 Å². The van der Waals surface area contributed by atoms with Gasteiger partial charge in [0.1, 0.15) is 0 Å². The lowest BCUT2D eigenvalue weighted by Gasteiger charge is -2.33. The lowest BCUT2D eigenvalue weighted by atomic mass is 10.2. The highest BCUT2D eigenvalue weighted by atomic mass is 35.5. The second kappa shape index (κ2) is 8.70. The Labute approximate surface area is 169 Å². The monoisotopic (exact) mass is 395 g/mol.